The van der Waals surface area contributed by atoms with Gasteiger partial charge in [0.25, 0.3) is 0 Å². The molecule has 3 rings (SSSR count). The van der Waals surface area contributed by atoms with Crippen molar-refractivity contribution >= 4 is 47.8 Å². The summed E-state index contributed by atoms with van der Waals surface area (Å²) in [5.41, 5.74) is 0.630. The normalized spacial score (nSPS) is 17.9. The monoisotopic (exact) mass is 442 g/mol. The summed E-state index contributed by atoms with van der Waals surface area (Å²) in [5, 5.41) is 10.7. The highest BCUT2D eigenvalue weighted by Gasteiger charge is 2.48. The van der Waals surface area contributed by atoms with Crippen molar-refractivity contribution in [2.24, 2.45) is 0 Å². The largest absolute Gasteiger partial charge is 0.504 e. The molecule has 10 heteroatoms. The molecule has 0 saturated heterocycles. The van der Waals surface area contributed by atoms with Crippen LogP contribution >= 0.6 is 11.6 Å². The first-order valence-electron chi connectivity index (χ1n) is 8.18. The van der Waals surface area contributed by atoms with Crippen molar-refractivity contribution in [2.45, 2.75) is 18.6 Å². The van der Waals surface area contributed by atoms with Crippen molar-refractivity contribution in [3.8, 4) is 0 Å². The first-order chi connectivity index (χ1) is 12.8. The smallest absolute Gasteiger partial charge is 0.232 e. The number of halogens is 1. The first-order valence-corrected chi connectivity index (χ1v) is 11.9. The van der Waals surface area contributed by atoms with Crippen molar-refractivity contribution in [3.05, 3.63) is 58.4 Å². The Balaban J connectivity index is 2.39. The Morgan fingerprint density at radius 1 is 1.18 bits per heavy atom. The molecular weight excluding hydrogens is 424 g/mol. The summed E-state index contributed by atoms with van der Waals surface area (Å²) in [4.78, 5) is 3.76. The summed E-state index contributed by atoms with van der Waals surface area (Å²) in [7, 11) is -6.40. The van der Waals surface area contributed by atoms with Gasteiger partial charge >= 0.3 is 0 Å². The topological polar surface area (TPSA) is 105 Å². The minimum Gasteiger partial charge on any atom is -0.504 e. The molecule has 0 unspecified atom stereocenters. The van der Waals surface area contributed by atoms with Gasteiger partial charge in [-0.05, 0) is 26.0 Å². The summed E-state index contributed by atoms with van der Waals surface area (Å²) in [6, 6.07) is 7.56. The fraction of sp³-hybridized carbons (Fsp3) is 0.278. The molecular formula is C18H19ClN2O5S2. The van der Waals surface area contributed by atoms with Crippen LogP contribution in [-0.2, 0) is 24.6 Å². The predicted octanol–water partition coefficient (Wildman–Crippen LogP) is 3.18. The maximum atomic E-state index is 13.4. The van der Waals surface area contributed by atoms with Crippen molar-refractivity contribution in [1.29, 1.82) is 0 Å². The number of hydrogen-bond donors (Lipinski definition) is 1. The molecule has 2 aromatic rings. The molecule has 1 aromatic carbocycles. The van der Waals surface area contributed by atoms with Crippen LogP contribution in [0.2, 0.25) is 5.02 Å². The molecule has 150 valence electrons. The molecule has 0 radical (unpaired) electrons. The fourth-order valence-electron chi connectivity index (χ4n) is 3.10. The van der Waals surface area contributed by atoms with E-state index in [1.165, 1.54) is 45.3 Å². The van der Waals surface area contributed by atoms with Gasteiger partial charge in [-0.2, -0.15) is 0 Å². The number of fused-ring (bicyclic) bond motifs is 1. The molecule has 1 N–H and O–H groups in total. The zero-order valence-electron chi connectivity index (χ0n) is 15.6. The van der Waals surface area contributed by atoms with Gasteiger partial charge in [-0.3, -0.25) is 9.29 Å². The molecule has 0 spiro atoms. The average molecular weight is 443 g/mol. The van der Waals surface area contributed by atoms with E-state index in [1.54, 1.807) is 12.1 Å². The number of anilines is 1. The quantitative estimate of drug-likeness (QED) is 0.782. The van der Waals surface area contributed by atoms with Crippen LogP contribution in [0, 0.1) is 0 Å². The Morgan fingerprint density at radius 3 is 2.43 bits per heavy atom. The standard InChI is InChI=1S/C18H19ClN2O5S2/c1-18(2)12-8-6-10-20-15(12)16(22)17(28(18,25)26)11-7-5-9-13(14(11)19)21(3)27(4,23)24/h5-10,22H,1-4H3. The number of sulfonamides is 1. The van der Waals surface area contributed by atoms with Crippen LogP contribution in [0.3, 0.4) is 0 Å². The number of benzene rings is 1. The van der Waals surface area contributed by atoms with Crippen molar-refractivity contribution < 1.29 is 21.9 Å². The minimum absolute atomic E-state index is 0.0107. The van der Waals surface area contributed by atoms with Gasteiger partial charge in [0.1, 0.15) is 10.6 Å². The molecule has 0 saturated carbocycles. The van der Waals surface area contributed by atoms with Crippen LogP contribution in [0.15, 0.2) is 36.5 Å². The third-order valence-electron chi connectivity index (χ3n) is 4.90. The summed E-state index contributed by atoms with van der Waals surface area (Å²) in [5.74, 6) is -0.518. The Hall–Kier alpha value is -2.10. The van der Waals surface area contributed by atoms with E-state index in [9.17, 15) is 21.9 Å². The molecule has 2 heterocycles. The number of aromatic nitrogens is 1. The minimum atomic E-state index is -4.08. The highest BCUT2D eigenvalue weighted by Crippen LogP contribution is 2.49. The summed E-state index contributed by atoms with van der Waals surface area (Å²) < 4.78 is 50.2. The average Bonchev–Trinajstić information content (AvgIpc) is 2.60. The number of pyridine rings is 1. The Kier molecular flexibility index (Phi) is 4.76. The lowest BCUT2D eigenvalue weighted by molar-refractivity contribution is 0.501. The number of nitrogens with zero attached hydrogens (tertiary/aromatic N) is 2. The lowest BCUT2D eigenvalue weighted by Crippen LogP contribution is -2.35. The van der Waals surface area contributed by atoms with Gasteiger partial charge in [-0.25, -0.2) is 16.8 Å². The van der Waals surface area contributed by atoms with E-state index in [0.29, 0.717) is 5.56 Å². The van der Waals surface area contributed by atoms with Crippen molar-refractivity contribution in [3.63, 3.8) is 0 Å². The molecule has 0 bridgehead atoms. The maximum absolute atomic E-state index is 13.4. The van der Waals surface area contributed by atoms with E-state index in [4.69, 9.17) is 11.6 Å². The second-order valence-electron chi connectivity index (χ2n) is 6.96. The number of aliphatic hydroxyl groups is 1. The highest BCUT2D eigenvalue weighted by atomic mass is 35.5. The second-order valence-corrected chi connectivity index (χ2v) is 11.8. The zero-order valence-corrected chi connectivity index (χ0v) is 18.0. The fourth-order valence-corrected chi connectivity index (χ4v) is 5.84. The number of rotatable bonds is 3. The molecule has 28 heavy (non-hydrogen) atoms. The SMILES string of the molecule is CN(c1cccc(C2=C(O)c3ncccc3C(C)(C)S2(=O)=O)c1Cl)S(C)(=O)=O. The maximum Gasteiger partial charge on any atom is 0.232 e. The molecule has 0 aliphatic carbocycles. The second kappa shape index (κ2) is 6.47. The van der Waals surface area contributed by atoms with E-state index in [-0.39, 0.29) is 26.9 Å². The summed E-state index contributed by atoms with van der Waals surface area (Å²) in [6.45, 7) is 3.05. The summed E-state index contributed by atoms with van der Waals surface area (Å²) in [6.07, 6.45) is 2.46. The molecule has 0 fully saturated rings. The Bertz CT molecular complexity index is 1220. The van der Waals surface area contributed by atoms with Crippen LogP contribution in [0.25, 0.3) is 10.7 Å². The van der Waals surface area contributed by atoms with Crippen LogP contribution < -0.4 is 4.31 Å². The van der Waals surface area contributed by atoms with E-state index in [0.717, 1.165) is 10.6 Å². The predicted molar refractivity (Wildman–Crippen MR) is 110 cm³/mol. The van der Waals surface area contributed by atoms with Crippen molar-refractivity contribution in [2.75, 3.05) is 17.6 Å². The third kappa shape index (κ3) is 2.89. The molecule has 0 amide bonds. The van der Waals surface area contributed by atoms with Crippen LogP contribution in [0.1, 0.15) is 30.7 Å². The molecule has 1 aliphatic heterocycles. The Morgan fingerprint density at radius 2 is 1.82 bits per heavy atom. The van der Waals surface area contributed by atoms with Gasteiger partial charge in [0.05, 0.1) is 21.7 Å². The number of hydrogen-bond acceptors (Lipinski definition) is 6. The van der Waals surface area contributed by atoms with Gasteiger partial charge in [0.15, 0.2) is 15.6 Å². The van der Waals surface area contributed by atoms with Crippen LogP contribution in [0.4, 0.5) is 5.69 Å². The van der Waals surface area contributed by atoms with Crippen molar-refractivity contribution in [1.82, 2.24) is 4.98 Å². The van der Waals surface area contributed by atoms with E-state index < -0.39 is 30.4 Å². The van der Waals surface area contributed by atoms with E-state index in [2.05, 4.69) is 4.98 Å². The van der Waals surface area contributed by atoms with E-state index in [1.807, 2.05) is 0 Å². The lowest BCUT2D eigenvalue weighted by atomic mass is 9.98. The van der Waals surface area contributed by atoms with E-state index >= 15 is 0 Å². The third-order valence-corrected chi connectivity index (χ3v) is 9.00. The molecule has 1 aromatic heterocycles. The molecule has 7 nitrogen and oxygen atoms in total. The Labute approximate surface area is 169 Å². The lowest BCUT2D eigenvalue weighted by Gasteiger charge is -2.33. The van der Waals surface area contributed by atoms with Crippen LogP contribution in [0.5, 0.6) is 0 Å². The van der Waals surface area contributed by atoms with Crippen LogP contribution in [-0.4, -0.2) is 40.2 Å². The first kappa shape index (κ1) is 20.6. The van der Waals surface area contributed by atoms with Gasteiger partial charge in [0, 0.05) is 24.4 Å². The van der Waals surface area contributed by atoms with Gasteiger partial charge in [-0.1, -0.05) is 29.8 Å². The molecule has 0 atom stereocenters. The number of sulfone groups is 1. The van der Waals surface area contributed by atoms with Gasteiger partial charge < -0.3 is 5.11 Å². The summed E-state index contributed by atoms with van der Waals surface area (Å²) >= 11 is 6.42. The van der Waals surface area contributed by atoms with Gasteiger partial charge in [-0.15, -0.1) is 0 Å². The molecule has 1 aliphatic rings. The van der Waals surface area contributed by atoms with Gasteiger partial charge in [0.2, 0.25) is 10.0 Å². The highest BCUT2D eigenvalue weighted by molar-refractivity contribution is 8.01. The number of aliphatic hydroxyl groups excluding tert-OH is 1. The zero-order chi connectivity index (χ0) is 21.1.